The Labute approximate surface area is 95.2 Å². The Kier molecular flexibility index (Phi) is 4.55. The van der Waals surface area contributed by atoms with Crippen LogP contribution in [0.5, 0.6) is 5.75 Å². The Hall–Kier alpha value is -1.10. The maximum Gasteiger partial charge on any atom is 0.355 e. The van der Waals surface area contributed by atoms with Crippen molar-refractivity contribution < 1.29 is 19.0 Å². The molecule has 82 valence electrons. The Morgan fingerprint density at radius 3 is 2.87 bits per heavy atom. The summed E-state index contributed by atoms with van der Waals surface area (Å²) in [6.45, 7) is 1.86. The fourth-order valence-electron chi connectivity index (χ4n) is 0.880. The summed E-state index contributed by atoms with van der Waals surface area (Å²) in [5.41, 5.74) is 0. The first kappa shape index (κ1) is 12.0. The molecule has 0 aromatic heterocycles. The Balaban J connectivity index is 2.54. The lowest BCUT2D eigenvalue weighted by Crippen LogP contribution is -2.07. The van der Waals surface area contributed by atoms with E-state index in [1.807, 2.05) is 6.92 Å². The molecule has 0 saturated carbocycles. The summed E-state index contributed by atoms with van der Waals surface area (Å²) in [4.78, 5) is 20.2. The first-order valence-electron chi connectivity index (χ1n) is 4.46. The maximum absolute atomic E-state index is 12.7. The third kappa shape index (κ3) is 3.87. The van der Waals surface area contributed by atoms with Crippen LogP contribution in [0.4, 0.5) is 4.39 Å². The van der Waals surface area contributed by atoms with Crippen LogP contribution >= 0.6 is 15.9 Å². The van der Waals surface area contributed by atoms with E-state index in [2.05, 4.69) is 20.8 Å². The topological polar surface area (TPSA) is 35.5 Å². The molecule has 0 amide bonds. The average molecular weight is 277 g/mol. The fourth-order valence-corrected chi connectivity index (χ4v) is 1.30. The van der Waals surface area contributed by atoms with Crippen molar-refractivity contribution in [3.05, 3.63) is 28.5 Å². The molecule has 0 aliphatic carbocycles. The highest BCUT2D eigenvalue weighted by molar-refractivity contribution is 9.10. The molecule has 0 spiro atoms. The average Bonchev–Trinajstić information content (AvgIpc) is 2.17. The van der Waals surface area contributed by atoms with Crippen LogP contribution in [-0.2, 0) is 9.68 Å². The quantitative estimate of drug-likeness (QED) is 0.626. The number of carbonyl (C=O) groups excluding carboxylic acids is 1. The zero-order chi connectivity index (χ0) is 11.3. The molecule has 5 heteroatoms. The molecule has 0 fully saturated rings. The zero-order valence-electron chi connectivity index (χ0n) is 8.13. The predicted molar refractivity (Wildman–Crippen MR) is 55.7 cm³/mol. The van der Waals surface area contributed by atoms with Gasteiger partial charge in [0.1, 0.15) is 5.82 Å². The molecule has 0 N–H and O–H groups in total. The second-order valence-electron chi connectivity index (χ2n) is 2.86. The van der Waals surface area contributed by atoms with Crippen molar-refractivity contribution in [2.75, 3.05) is 0 Å². The van der Waals surface area contributed by atoms with Crippen molar-refractivity contribution in [3.8, 4) is 5.75 Å². The first-order chi connectivity index (χ1) is 7.13. The second-order valence-corrected chi connectivity index (χ2v) is 3.72. The van der Waals surface area contributed by atoms with E-state index in [4.69, 9.17) is 4.89 Å². The van der Waals surface area contributed by atoms with Crippen LogP contribution in [0.25, 0.3) is 0 Å². The molecule has 0 unspecified atom stereocenters. The molecule has 0 heterocycles. The number of hydrogen-bond donors (Lipinski definition) is 0. The van der Waals surface area contributed by atoms with Crippen molar-refractivity contribution in [1.82, 2.24) is 0 Å². The van der Waals surface area contributed by atoms with Gasteiger partial charge in [0.2, 0.25) is 0 Å². The highest BCUT2D eigenvalue weighted by Crippen LogP contribution is 2.25. The van der Waals surface area contributed by atoms with Gasteiger partial charge in [0.15, 0.2) is 5.75 Å². The summed E-state index contributed by atoms with van der Waals surface area (Å²) < 4.78 is 13.1. The van der Waals surface area contributed by atoms with E-state index in [-0.39, 0.29) is 5.75 Å². The normalized spacial score (nSPS) is 9.80. The fraction of sp³-hybridized carbons (Fsp3) is 0.300. The van der Waals surface area contributed by atoms with E-state index < -0.39 is 11.8 Å². The van der Waals surface area contributed by atoms with E-state index in [1.54, 1.807) is 0 Å². The van der Waals surface area contributed by atoms with Gasteiger partial charge in [-0.15, -0.1) is 0 Å². The number of rotatable bonds is 4. The van der Waals surface area contributed by atoms with Crippen molar-refractivity contribution in [1.29, 1.82) is 0 Å². The van der Waals surface area contributed by atoms with Gasteiger partial charge in [-0.1, -0.05) is 6.92 Å². The lowest BCUT2D eigenvalue weighted by atomic mass is 10.3. The van der Waals surface area contributed by atoms with E-state index in [9.17, 15) is 9.18 Å². The standard InChI is InChI=1S/C10H10BrFO3/c1-2-3-10(13)15-14-9-5-4-7(12)6-8(9)11/h4-6H,2-3H2,1H3. The third-order valence-corrected chi connectivity index (χ3v) is 2.19. The van der Waals surface area contributed by atoms with Crippen LogP contribution in [0.1, 0.15) is 19.8 Å². The van der Waals surface area contributed by atoms with Gasteiger partial charge in [-0.05, 0) is 40.5 Å². The van der Waals surface area contributed by atoms with Gasteiger partial charge in [-0.25, -0.2) is 9.18 Å². The highest BCUT2D eigenvalue weighted by Gasteiger charge is 2.07. The molecule has 15 heavy (non-hydrogen) atoms. The Bertz CT molecular complexity index is 355. The van der Waals surface area contributed by atoms with E-state index in [0.717, 1.165) is 0 Å². The van der Waals surface area contributed by atoms with Gasteiger partial charge >= 0.3 is 5.97 Å². The molecule has 1 aromatic rings. The number of hydrogen-bond acceptors (Lipinski definition) is 3. The Morgan fingerprint density at radius 1 is 1.53 bits per heavy atom. The minimum atomic E-state index is -0.450. The van der Waals surface area contributed by atoms with Crippen molar-refractivity contribution in [3.63, 3.8) is 0 Å². The largest absolute Gasteiger partial charge is 0.355 e. The molecular weight excluding hydrogens is 267 g/mol. The van der Waals surface area contributed by atoms with Gasteiger partial charge in [0, 0.05) is 6.42 Å². The van der Waals surface area contributed by atoms with Crippen molar-refractivity contribution in [2.24, 2.45) is 0 Å². The molecule has 3 nitrogen and oxygen atoms in total. The van der Waals surface area contributed by atoms with Crippen molar-refractivity contribution in [2.45, 2.75) is 19.8 Å². The third-order valence-electron chi connectivity index (χ3n) is 1.57. The summed E-state index contributed by atoms with van der Waals surface area (Å²) in [6.07, 6.45) is 0.978. The summed E-state index contributed by atoms with van der Waals surface area (Å²) >= 11 is 3.08. The molecule has 0 aliphatic rings. The van der Waals surface area contributed by atoms with E-state index in [1.165, 1.54) is 18.2 Å². The lowest BCUT2D eigenvalue weighted by molar-refractivity contribution is -0.214. The summed E-state index contributed by atoms with van der Waals surface area (Å²) in [5.74, 6) is -0.580. The Morgan fingerprint density at radius 2 is 2.27 bits per heavy atom. The minimum Gasteiger partial charge on any atom is -0.286 e. The zero-order valence-corrected chi connectivity index (χ0v) is 9.71. The summed E-state index contributed by atoms with van der Waals surface area (Å²) in [7, 11) is 0. The van der Waals surface area contributed by atoms with Crippen molar-refractivity contribution >= 4 is 21.9 Å². The van der Waals surface area contributed by atoms with Gasteiger partial charge in [0.05, 0.1) is 4.47 Å². The molecule has 0 radical (unpaired) electrons. The monoisotopic (exact) mass is 276 g/mol. The minimum absolute atomic E-state index is 0.265. The number of carbonyl (C=O) groups is 1. The number of halogens is 2. The van der Waals surface area contributed by atoms with E-state index >= 15 is 0 Å². The van der Waals surface area contributed by atoms with Gasteiger partial charge in [0.25, 0.3) is 0 Å². The van der Waals surface area contributed by atoms with Crippen LogP contribution in [0, 0.1) is 5.82 Å². The van der Waals surface area contributed by atoms with Gasteiger partial charge in [-0.2, -0.15) is 0 Å². The molecule has 0 atom stereocenters. The van der Waals surface area contributed by atoms with Gasteiger partial charge in [-0.3, -0.25) is 9.78 Å². The second kappa shape index (κ2) is 5.70. The predicted octanol–water partition coefficient (Wildman–Crippen LogP) is 3.23. The van der Waals surface area contributed by atoms with Gasteiger partial charge < -0.3 is 0 Å². The molecule has 0 bridgehead atoms. The molecule has 1 rings (SSSR count). The van der Waals surface area contributed by atoms with E-state index in [0.29, 0.717) is 17.3 Å². The van der Waals surface area contributed by atoms with Crippen LogP contribution in [0.2, 0.25) is 0 Å². The summed E-state index contributed by atoms with van der Waals surface area (Å²) in [5, 5.41) is 0. The highest BCUT2D eigenvalue weighted by atomic mass is 79.9. The smallest absolute Gasteiger partial charge is 0.286 e. The number of benzene rings is 1. The summed E-state index contributed by atoms with van der Waals surface area (Å²) in [6, 6.07) is 3.81. The molecule has 1 aromatic carbocycles. The first-order valence-corrected chi connectivity index (χ1v) is 5.25. The maximum atomic E-state index is 12.7. The lowest BCUT2D eigenvalue weighted by Gasteiger charge is -2.05. The SMILES string of the molecule is CCCC(=O)OOc1ccc(F)cc1Br. The van der Waals surface area contributed by atoms with Crippen LogP contribution in [0.15, 0.2) is 22.7 Å². The molecule has 0 saturated heterocycles. The van der Waals surface area contributed by atoms with Crippen LogP contribution in [-0.4, -0.2) is 5.97 Å². The van der Waals surface area contributed by atoms with Crippen LogP contribution < -0.4 is 4.89 Å². The van der Waals surface area contributed by atoms with Crippen LogP contribution in [0.3, 0.4) is 0 Å². The molecular formula is C10H10BrFO3. The molecule has 0 aliphatic heterocycles.